The van der Waals surface area contributed by atoms with Gasteiger partial charge < -0.3 is 18.9 Å². The third-order valence-electron chi connectivity index (χ3n) is 5.26. The van der Waals surface area contributed by atoms with E-state index in [1.165, 1.54) is 9.47 Å². The molecule has 180 valence electrons. The first-order valence-electron chi connectivity index (χ1n) is 10.2. The van der Waals surface area contributed by atoms with Gasteiger partial charge in [0, 0.05) is 25.7 Å². The Balaban J connectivity index is 1.59. The Kier molecular flexibility index (Phi) is 7.81. The van der Waals surface area contributed by atoms with Crippen LogP contribution in [-0.4, -0.2) is 52.5 Å². The number of aromatic nitrogens is 3. The number of hydrogen-bond acceptors (Lipinski definition) is 6. The number of hydrogen-bond donors (Lipinski definition) is 0. The largest absolute Gasteiger partial charge is 0.359 e. The smallest absolute Gasteiger partial charge is 0.308 e. The van der Waals surface area contributed by atoms with Gasteiger partial charge >= 0.3 is 4.87 Å². The Bertz CT molecular complexity index is 1410. The van der Waals surface area contributed by atoms with Crippen LogP contribution >= 0.6 is 46.1 Å². The lowest BCUT2D eigenvalue weighted by molar-refractivity contribution is -0.131. The molecular weight excluding hydrogens is 523 g/mol. The fourth-order valence-electron chi connectivity index (χ4n) is 3.58. The molecule has 12 heteroatoms. The van der Waals surface area contributed by atoms with Gasteiger partial charge in [-0.3, -0.25) is 14.2 Å². The molecule has 0 unspecified atom stereocenters. The molecule has 0 spiro atoms. The van der Waals surface area contributed by atoms with Crippen LogP contribution in [0.4, 0.5) is 0 Å². The maximum absolute atomic E-state index is 13.0. The van der Waals surface area contributed by atoms with E-state index in [9.17, 15) is 9.59 Å². The highest BCUT2D eigenvalue weighted by Gasteiger charge is 2.19. The molecular formula is C22H21Cl3N4O4S. The van der Waals surface area contributed by atoms with Gasteiger partial charge in [-0.1, -0.05) is 46.1 Å². The van der Waals surface area contributed by atoms with Crippen molar-refractivity contribution in [3.8, 4) is 0 Å². The van der Waals surface area contributed by atoms with Gasteiger partial charge in [0.25, 0.3) is 0 Å². The maximum atomic E-state index is 13.0. The predicted octanol–water partition coefficient (Wildman–Crippen LogP) is 4.65. The van der Waals surface area contributed by atoms with Crippen LogP contribution in [0.15, 0.2) is 35.1 Å². The number of carbonyl (C=O) groups excluding carboxylic acids is 1. The van der Waals surface area contributed by atoms with E-state index in [-0.39, 0.29) is 30.7 Å². The number of nitrogens with zero attached hydrogens (tertiary/aromatic N) is 4. The van der Waals surface area contributed by atoms with Crippen LogP contribution in [0.2, 0.25) is 15.1 Å². The average molecular weight is 544 g/mol. The molecule has 0 radical (unpaired) electrons. The molecule has 2 heterocycles. The number of likely N-dealkylation sites (N-methyl/N-ethyl adjacent to an activating group) is 1. The van der Waals surface area contributed by atoms with Crippen LogP contribution in [-0.2, 0) is 33.9 Å². The molecule has 0 bridgehead atoms. The van der Waals surface area contributed by atoms with Gasteiger partial charge in [-0.25, -0.2) is 4.98 Å². The Hall–Kier alpha value is -2.14. The number of rotatable bonds is 9. The molecule has 0 N–H and O–H groups in total. The number of halogens is 3. The lowest BCUT2D eigenvalue weighted by Gasteiger charge is -2.18. The van der Waals surface area contributed by atoms with Gasteiger partial charge in [0.2, 0.25) is 5.91 Å². The van der Waals surface area contributed by atoms with Gasteiger partial charge in [-0.15, -0.1) is 0 Å². The van der Waals surface area contributed by atoms with Gasteiger partial charge in [-0.2, -0.15) is 0 Å². The van der Waals surface area contributed by atoms with Gasteiger partial charge in [0.15, 0.2) is 0 Å². The van der Waals surface area contributed by atoms with Crippen molar-refractivity contribution in [2.75, 3.05) is 27.6 Å². The van der Waals surface area contributed by atoms with Crippen molar-refractivity contribution in [1.82, 2.24) is 19.0 Å². The molecule has 1 amide bonds. The second kappa shape index (κ2) is 10.6. The topological polar surface area (TPSA) is 78.6 Å². The number of fused-ring (bicyclic) bond motifs is 2. The predicted molar refractivity (Wildman–Crippen MR) is 135 cm³/mol. The quantitative estimate of drug-likeness (QED) is 0.227. The van der Waals surface area contributed by atoms with E-state index in [0.717, 1.165) is 21.6 Å². The first-order chi connectivity index (χ1) is 16.3. The van der Waals surface area contributed by atoms with Crippen LogP contribution in [0.5, 0.6) is 0 Å². The van der Waals surface area contributed by atoms with E-state index >= 15 is 0 Å². The summed E-state index contributed by atoms with van der Waals surface area (Å²) in [5.74, 6) is 0.392. The van der Waals surface area contributed by atoms with Crippen molar-refractivity contribution in [1.29, 1.82) is 0 Å². The molecule has 0 saturated heterocycles. The highest BCUT2D eigenvalue weighted by Crippen LogP contribution is 2.29. The number of amides is 1. The highest BCUT2D eigenvalue weighted by molar-refractivity contribution is 7.16. The zero-order valence-electron chi connectivity index (χ0n) is 18.4. The van der Waals surface area contributed by atoms with E-state index in [2.05, 4.69) is 4.98 Å². The molecule has 4 rings (SSSR count). The van der Waals surface area contributed by atoms with Gasteiger partial charge in [0.05, 0.1) is 44.4 Å². The normalized spacial score (nSPS) is 11.6. The number of imidazole rings is 1. The maximum Gasteiger partial charge on any atom is 0.308 e. The number of carbonyl (C=O) groups is 1. The molecule has 0 aliphatic rings. The van der Waals surface area contributed by atoms with Crippen molar-refractivity contribution in [2.24, 2.45) is 0 Å². The summed E-state index contributed by atoms with van der Waals surface area (Å²) in [6, 6.07) is 8.62. The fraction of sp³-hybridized carbons (Fsp3) is 0.318. The third kappa shape index (κ3) is 5.25. The Morgan fingerprint density at radius 2 is 1.88 bits per heavy atom. The summed E-state index contributed by atoms with van der Waals surface area (Å²) < 4.78 is 14.5. The second-order valence-corrected chi connectivity index (χ2v) is 9.81. The monoisotopic (exact) mass is 542 g/mol. The minimum atomic E-state index is -0.243. The van der Waals surface area contributed by atoms with Gasteiger partial charge in [-0.05, 0) is 30.3 Å². The molecule has 4 aromatic rings. The molecule has 34 heavy (non-hydrogen) atoms. The molecule has 0 aliphatic carbocycles. The zero-order chi connectivity index (χ0) is 24.4. The number of methoxy groups -OCH3 is 1. The summed E-state index contributed by atoms with van der Waals surface area (Å²) in [5.41, 5.74) is 2.07. The standard InChI is InChI=1S/C22H21Cl3N4O4S/c1-27(21(30)11-29-18-7-13(23)3-4-19(18)34-22(29)31)10-20-26-16-8-14(24)15(25)9-17(16)28(20)5-6-33-12-32-2/h3-4,7-9H,5-6,10-12H2,1-2H3. The van der Waals surface area contributed by atoms with E-state index in [1.54, 1.807) is 44.5 Å². The Morgan fingerprint density at radius 1 is 1.12 bits per heavy atom. The lowest BCUT2D eigenvalue weighted by atomic mass is 10.3. The second-order valence-electron chi connectivity index (χ2n) is 7.57. The molecule has 2 aromatic carbocycles. The van der Waals surface area contributed by atoms with Crippen LogP contribution in [0.25, 0.3) is 21.3 Å². The molecule has 2 aromatic heterocycles. The minimum Gasteiger partial charge on any atom is -0.359 e. The highest BCUT2D eigenvalue weighted by atomic mass is 35.5. The number of benzene rings is 2. The van der Waals surface area contributed by atoms with Crippen molar-refractivity contribution >= 4 is 73.3 Å². The fourth-order valence-corrected chi connectivity index (χ4v) is 4.93. The van der Waals surface area contributed by atoms with Crippen LogP contribution in [0, 0.1) is 0 Å². The summed E-state index contributed by atoms with van der Waals surface area (Å²) in [5, 5.41) is 1.31. The Labute approximate surface area is 214 Å². The summed E-state index contributed by atoms with van der Waals surface area (Å²) in [6.45, 7) is 1.12. The molecule has 8 nitrogen and oxygen atoms in total. The zero-order valence-corrected chi connectivity index (χ0v) is 21.5. The number of thiazole rings is 1. The van der Waals surface area contributed by atoms with E-state index in [4.69, 9.17) is 44.3 Å². The molecule has 0 atom stereocenters. The van der Waals surface area contributed by atoms with Gasteiger partial charge in [0.1, 0.15) is 19.2 Å². The Morgan fingerprint density at radius 3 is 2.65 bits per heavy atom. The van der Waals surface area contributed by atoms with Crippen LogP contribution in [0.3, 0.4) is 0 Å². The van der Waals surface area contributed by atoms with E-state index in [1.807, 2.05) is 4.57 Å². The molecule has 0 fully saturated rings. The van der Waals surface area contributed by atoms with Crippen LogP contribution < -0.4 is 4.87 Å². The summed E-state index contributed by atoms with van der Waals surface area (Å²) in [4.78, 5) is 31.5. The van der Waals surface area contributed by atoms with Crippen molar-refractivity contribution in [2.45, 2.75) is 19.6 Å². The summed E-state index contributed by atoms with van der Waals surface area (Å²) >= 11 is 19.6. The van der Waals surface area contributed by atoms with Crippen molar-refractivity contribution in [3.63, 3.8) is 0 Å². The van der Waals surface area contributed by atoms with E-state index < -0.39 is 0 Å². The average Bonchev–Trinajstić information content (AvgIpc) is 3.27. The van der Waals surface area contributed by atoms with Crippen LogP contribution in [0.1, 0.15) is 5.82 Å². The molecule has 0 saturated carbocycles. The number of ether oxygens (including phenoxy) is 2. The van der Waals surface area contributed by atoms with Crippen molar-refractivity contribution < 1.29 is 14.3 Å². The SMILES string of the molecule is COCOCCn1c(CN(C)C(=O)Cn2c(=O)sc3ccc(Cl)cc32)nc2cc(Cl)c(Cl)cc21. The minimum absolute atomic E-state index is 0.107. The summed E-state index contributed by atoms with van der Waals surface area (Å²) in [6.07, 6.45) is 0. The van der Waals surface area contributed by atoms with Crippen molar-refractivity contribution in [3.05, 3.63) is 60.9 Å². The summed E-state index contributed by atoms with van der Waals surface area (Å²) in [7, 11) is 3.22. The molecule has 0 aliphatic heterocycles. The third-order valence-corrected chi connectivity index (χ3v) is 7.17. The van der Waals surface area contributed by atoms with E-state index in [0.29, 0.717) is 45.1 Å². The first-order valence-corrected chi connectivity index (χ1v) is 12.2. The first kappa shape index (κ1) is 25.0. The lowest BCUT2D eigenvalue weighted by Crippen LogP contribution is -2.33.